The normalized spacial score (nSPS) is 12.6. The first-order valence-corrected chi connectivity index (χ1v) is 5.90. The van der Waals surface area contributed by atoms with E-state index in [0.29, 0.717) is 0 Å². The van der Waals surface area contributed by atoms with Crippen LogP contribution < -0.4 is 10.6 Å². The van der Waals surface area contributed by atoms with Crippen molar-refractivity contribution in [1.29, 1.82) is 0 Å². The maximum Gasteiger partial charge on any atom is 0.123 e. The summed E-state index contributed by atoms with van der Waals surface area (Å²) < 4.78 is 13.2. The predicted molar refractivity (Wildman–Crippen MR) is 67.2 cm³/mol. The van der Waals surface area contributed by atoms with Crippen molar-refractivity contribution in [2.75, 3.05) is 18.0 Å². The number of nitrogens with zero attached hydrogens (tertiary/aromatic N) is 1. The van der Waals surface area contributed by atoms with Gasteiger partial charge in [0.05, 0.1) is 0 Å². The second-order valence-electron chi connectivity index (χ2n) is 4.07. The van der Waals surface area contributed by atoms with Crippen molar-refractivity contribution in [3.8, 4) is 0 Å². The number of halogens is 1. The third-order valence-electron chi connectivity index (χ3n) is 2.70. The summed E-state index contributed by atoms with van der Waals surface area (Å²) in [5, 5.41) is 0. The molecule has 0 saturated heterocycles. The van der Waals surface area contributed by atoms with E-state index in [9.17, 15) is 4.39 Å². The van der Waals surface area contributed by atoms with Crippen LogP contribution in [0.1, 0.15) is 38.8 Å². The third kappa shape index (κ3) is 2.95. The van der Waals surface area contributed by atoms with Crippen molar-refractivity contribution < 1.29 is 4.39 Å². The Balaban J connectivity index is 3.09. The first kappa shape index (κ1) is 13.0. The third-order valence-corrected chi connectivity index (χ3v) is 2.70. The topological polar surface area (TPSA) is 29.3 Å². The van der Waals surface area contributed by atoms with Gasteiger partial charge in [-0.15, -0.1) is 0 Å². The molecule has 0 radical (unpaired) electrons. The van der Waals surface area contributed by atoms with Crippen molar-refractivity contribution >= 4 is 5.69 Å². The second-order valence-corrected chi connectivity index (χ2v) is 4.07. The van der Waals surface area contributed by atoms with Gasteiger partial charge in [-0.25, -0.2) is 4.39 Å². The fourth-order valence-corrected chi connectivity index (χ4v) is 1.90. The maximum absolute atomic E-state index is 13.2. The fraction of sp³-hybridized carbons (Fsp3) is 0.538. The maximum atomic E-state index is 13.2. The van der Waals surface area contributed by atoms with Gasteiger partial charge < -0.3 is 10.6 Å². The van der Waals surface area contributed by atoms with Crippen LogP contribution in [0, 0.1) is 5.82 Å². The summed E-state index contributed by atoms with van der Waals surface area (Å²) in [4.78, 5) is 2.23. The lowest BCUT2D eigenvalue weighted by molar-refractivity contribution is 0.621. The summed E-state index contributed by atoms with van der Waals surface area (Å²) in [6, 6.07) is 4.72. The fourth-order valence-electron chi connectivity index (χ4n) is 1.90. The average molecular weight is 224 g/mol. The Hall–Kier alpha value is -1.09. The van der Waals surface area contributed by atoms with E-state index in [4.69, 9.17) is 5.73 Å². The monoisotopic (exact) mass is 224 g/mol. The highest BCUT2D eigenvalue weighted by molar-refractivity contribution is 5.55. The smallest absolute Gasteiger partial charge is 0.123 e. The van der Waals surface area contributed by atoms with Crippen molar-refractivity contribution in [3.63, 3.8) is 0 Å². The van der Waals surface area contributed by atoms with Crippen LogP contribution in [0.3, 0.4) is 0 Å². The van der Waals surface area contributed by atoms with E-state index >= 15 is 0 Å². The van der Waals surface area contributed by atoms with E-state index in [1.54, 1.807) is 6.07 Å². The highest BCUT2D eigenvalue weighted by Crippen LogP contribution is 2.26. The molecule has 2 N–H and O–H groups in total. The number of benzene rings is 1. The quantitative estimate of drug-likeness (QED) is 0.832. The Morgan fingerprint density at radius 1 is 1.38 bits per heavy atom. The van der Waals surface area contributed by atoms with Crippen LogP contribution in [-0.2, 0) is 0 Å². The summed E-state index contributed by atoms with van der Waals surface area (Å²) >= 11 is 0. The van der Waals surface area contributed by atoms with Gasteiger partial charge in [0.25, 0.3) is 0 Å². The number of rotatable bonds is 5. The molecule has 1 aromatic carbocycles. The van der Waals surface area contributed by atoms with Gasteiger partial charge in [-0.2, -0.15) is 0 Å². The van der Waals surface area contributed by atoms with Crippen LogP contribution in [-0.4, -0.2) is 13.1 Å². The molecule has 0 aliphatic carbocycles. The van der Waals surface area contributed by atoms with Crippen LogP contribution >= 0.6 is 0 Å². The first-order chi connectivity index (χ1) is 7.60. The number of hydrogen-bond acceptors (Lipinski definition) is 2. The highest BCUT2D eigenvalue weighted by atomic mass is 19.1. The zero-order valence-electron chi connectivity index (χ0n) is 10.3. The Kier molecular flexibility index (Phi) is 4.74. The first-order valence-electron chi connectivity index (χ1n) is 5.90. The van der Waals surface area contributed by atoms with Crippen molar-refractivity contribution in [3.05, 3.63) is 29.6 Å². The van der Waals surface area contributed by atoms with Crippen molar-refractivity contribution in [2.45, 2.75) is 33.2 Å². The lowest BCUT2D eigenvalue weighted by Crippen LogP contribution is -2.26. The SMILES string of the molecule is CCCN(CC)c1ccc(F)cc1[C@H](C)N. The van der Waals surface area contributed by atoms with E-state index in [1.165, 1.54) is 6.07 Å². The molecule has 3 heteroatoms. The summed E-state index contributed by atoms with van der Waals surface area (Å²) in [7, 11) is 0. The van der Waals surface area contributed by atoms with Gasteiger partial charge in [0.2, 0.25) is 0 Å². The van der Waals surface area contributed by atoms with Crippen molar-refractivity contribution in [2.24, 2.45) is 5.73 Å². The molecule has 0 aliphatic heterocycles. The molecule has 0 amide bonds. The van der Waals surface area contributed by atoms with Gasteiger partial charge in [0.1, 0.15) is 5.82 Å². The number of hydrogen-bond donors (Lipinski definition) is 1. The number of nitrogens with two attached hydrogens (primary N) is 1. The molecule has 16 heavy (non-hydrogen) atoms. The van der Waals surface area contributed by atoms with Crippen LogP contribution in [0.4, 0.5) is 10.1 Å². The summed E-state index contributed by atoms with van der Waals surface area (Å²) in [5.41, 5.74) is 7.82. The zero-order chi connectivity index (χ0) is 12.1. The summed E-state index contributed by atoms with van der Waals surface area (Å²) in [6.07, 6.45) is 1.07. The molecular weight excluding hydrogens is 203 g/mol. The van der Waals surface area contributed by atoms with E-state index in [1.807, 2.05) is 13.0 Å². The van der Waals surface area contributed by atoms with Crippen LogP contribution in [0.25, 0.3) is 0 Å². The molecule has 0 heterocycles. The molecule has 0 bridgehead atoms. The molecule has 1 aromatic rings. The van der Waals surface area contributed by atoms with Gasteiger partial charge in [-0.3, -0.25) is 0 Å². The highest BCUT2D eigenvalue weighted by Gasteiger charge is 2.12. The molecule has 0 aliphatic rings. The minimum absolute atomic E-state index is 0.142. The van der Waals surface area contributed by atoms with Gasteiger partial charge in [0.15, 0.2) is 0 Å². The van der Waals surface area contributed by atoms with Gasteiger partial charge in [-0.05, 0) is 44.0 Å². The largest absolute Gasteiger partial charge is 0.372 e. The van der Waals surface area contributed by atoms with E-state index in [-0.39, 0.29) is 11.9 Å². The Morgan fingerprint density at radius 3 is 2.56 bits per heavy atom. The van der Waals surface area contributed by atoms with E-state index in [0.717, 1.165) is 30.8 Å². The molecule has 2 nitrogen and oxygen atoms in total. The van der Waals surface area contributed by atoms with Crippen LogP contribution in [0.5, 0.6) is 0 Å². The van der Waals surface area contributed by atoms with Gasteiger partial charge in [-0.1, -0.05) is 6.92 Å². The summed E-state index contributed by atoms with van der Waals surface area (Å²) in [5.74, 6) is -0.219. The van der Waals surface area contributed by atoms with Gasteiger partial charge >= 0.3 is 0 Å². The molecule has 1 atom stereocenters. The zero-order valence-corrected chi connectivity index (χ0v) is 10.3. The Labute approximate surface area is 97.3 Å². The second kappa shape index (κ2) is 5.85. The molecular formula is C13H21FN2. The summed E-state index contributed by atoms with van der Waals surface area (Å²) in [6.45, 7) is 8.01. The molecule has 0 saturated carbocycles. The lowest BCUT2D eigenvalue weighted by Gasteiger charge is -2.26. The molecule has 0 aromatic heterocycles. The average Bonchev–Trinajstić information content (AvgIpc) is 2.26. The lowest BCUT2D eigenvalue weighted by atomic mass is 10.1. The van der Waals surface area contributed by atoms with Gasteiger partial charge in [0, 0.05) is 24.8 Å². The molecule has 1 rings (SSSR count). The standard InChI is InChI=1S/C13H21FN2/c1-4-8-16(5-2)13-7-6-11(14)9-12(13)10(3)15/h6-7,9-10H,4-5,8,15H2,1-3H3/t10-/m0/s1. The Bertz CT molecular complexity index is 337. The minimum atomic E-state index is -0.219. The Morgan fingerprint density at radius 2 is 2.06 bits per heavy atom. The van der Waals surface area contributed by atoms with E-state index in [2.05, 4.69) is 18.7 Å². The molecule has 90 valence electrons. The number of anilines is 1. The molecule has 0 spiro atoms. The van der Waals surface area contributed by atoms with E-state index < -0.39 is 0 Å². The molecule has 0 unspecified atom stereocenters. The predicted octanol–water partition coefficient (Wildman–Crippen LogP) is 3.08. The minimum Gasteiger partial charge on any atom is -0.372 e. The van der Waals surface area contributed by atoms with Crippen LogP contribution in [0.2, 0.25) is 0 Å². The molecule has 0 fully saturated rings. The van der Waals surface area contributed by atoms with Crippen molar-refractivity contribution in [1.82, 2.24) is 0 Å². The van der Waals surface area contributed by atoms with Crippen LogP contribution in [0.15, 0.2) is 18.2 Å².